The summed E-state index contributed by atoms with van der Waals surface area (Å²) >= 11 is 0. The van der Waals surface area contributed by atoms with Crippen molar-refractivity contribution in [2.75, 3.05) is 13.2 Å². The van der Waals surface area contributed by atoms with Gasteiger partial charge >= 0.3 is 0 Å². The molecule has 0 spiro atoms. The Morgan fingerprint density at radius 2 is 0.833 bits per heavy atom. The maximum atomic E-state index is 4.60. The molecule has 5 heteroatoms. The zero-order valence-corrected chi connectivity index (χ0v) is 28.5. The number of ether oxygens (including phenoxy) is 2. The second-order valence-electron chi connectivity index (χ2n) is 5.06. The predicted octanol–water partition coefficient (Wildman–Crippen LogP) is 6.66. The average Bonchev–Trinajstić information content (AvgIpc) is 3.62. The van der Waals surface area contributed by atoms with Gasteiger partial charge in [0, 0.05) is 111 Å². The summed E-state index contributed by atoms with van der Waals surface area (Å²) in [4.78, 5) is 0. The van der Waals surface area contributed by atoms with Gasteiger partial charge in [0.05, 0.1) is 0 Å². The van der Waals surface area contributed by atoms with Crippen LogP contribution in [0, 0.1) is 28.7 Å². The molecule has 2 aliphatic heterocycles. The molecule has 3 radical (unpaired) electrons. The van der Waals surface area contributed by atoms with Crippen molar-refractivity contribution in [3.05, 3.63) is 100 Å². The molecule has 2 aromatic carbocycles. The third-order valence-corrected chi connectivity index (χ3v) is 2.90. The van der Waals surface area contributed by atoms with Gasteiger partial charge in [-0.15, -0.1) is 0 Å². The van der Waals surface area contributed by atoms with Crippen LogP contribution >= 0.6 is 0 Å². The van der Waals surface area contributed by atoms with Gasteiger partial charge in [-0.1, -0.05) is 88.4 Å². The van der Waals surface area contributed by atoms with Crippen molar-refractivity contribution in [2.24, 2.45) is 0 Å². The van der Waals surface area contributed by atoms with Crippen LogP contribution in [0.1, 0.15) is 38.8 Å². The standard InChI is InChI=1S/C13H12.2C3H5O.2C2H6.2CH3.3Y/c1-3-7-12(8-4-1)11-13-9-5-2-6-10-13;2*1-3-2-4-3;2*1-2;;;;;/h1-10H,11H2;2*3H,1-2H2;2*1-2H3;2*1H3;;;/q;2*-1;;;2*-1;;;. The van der Waals surface area contributed by atoms with E-state index in [0.717, 1.165) is 19.6 Å². The minimum absolute atomic E-state index is 0. The second kappa shape index (κ2) is 32.8. The fourth-order valence-electron chi connectivity index (χ4n) is 1.56. The molecule has 30 heavy (non-hydrogen) atoms. The van der Waals surface area contributed by atoms with Crippen LogP contribution in [-0.2, 0) is 114 Å². The van der Waals surface area contributed by atoms with Gasteiger partial charge in [-0.25, -0.2) is 0 Å². The van der Waals surface area contributed by atoms with Crippen molar-refractivity contribution in [3.63, 3.8) is 0 Å². The summed E-state index contributed by atoms with van der Waals surface area (Å²) in [6.07, 6.45) is 1.70. The van der Waals surface area contributed by atoms with Crippen LogP contribution in [0.3, 0.4) is 0 Å². The van der Waals surface area contributed by atoms with Crippen molar-refractivity contribution in [1.82, 2.24) is 0 Å². The molecule has 0 amide bonds. The normalized spacial score (nSPS) is 15.3. The SMILES string of the molecule is CC.CC.[CH2-]C1CO1.[CH2-]C1CO1.[CH3-].[CH3-].[Y].[Y].[Y].c1ccc(Cc2ccccc2)cc1. The van der Waals surface area contributed by atoms with Crippen molar-refractivity contribution in [1.29, 1.82) is 0 Å². The summed E-state index contributed by atoms with van der Waals surface area (Å²) < 4.78 is 9.19. The number of hydrogen-bond donors (Lipinski definition) is 0. The Kier molecular flexibility index (Phi) is 49.5. The molecule has 2 aromatic rings. The summed E-state index contributed by atoms with van der Waals surface area (Å²) in [5.74, 6) is 0. The molecular weight excluding hydrogens is 599 g/mol. The molecule has 2 fully saturated rings. The minimum atomic E-state index is 0. The Morgan fingerprint density at radius 1 is 0.633 bits per heavy atom. The Hall–Kier alpha value is 1.67. The Morgan fingerprint density at radius 3 is 1.00 bits per heavy atom. The first-order valence-corrected chi connectivity index (χ1v) is 9.21. The number of epoxide rings is 2. The Labute approximate surface area is 264 Å². The van der Waals surface area contributed by atoms with E-state index in [1.54, 1.807) is 0 Å². The largest absolute Gasteiger partial charge is 0.408 e. The molecule has 0 saturated carbocycles. The van der Waals surface area contributed by atoms with Gasteiger partial charge in [0.1, 0.15) is 0 Å². The van der Waals surface area contributed by atoms with Gasteiger partial charge in [0.15, 0.2) is 0 Å². The van der Waals surface area contributed by atoms with Crippen molar-refractivity contribution in [3.8, 4) is 0 Å². The van der Waals surface area contributed by atoms with Crippen molar-refractivity contribution < 1.29 is 108 Å². The van der Waals surface area contributed by atoms with Gasteiger partial charge < -0.3 is 38.2 Å². The van der Waals surface area contributed by atoms with Crippen LogP contribution in [0.25, 0.3) is 0 Å². The molecule has 165 valence electrons. The summed E-state index contributed by atoms with van der Waals surface area (Å²) in [5.41, 5.74) is 2.74. The fraction of sp³-hybridized carbons (Fsp3) is 0.360. The van der Waals surface area contributed by atoms with Crippen LogP contribution in [0.5, 0.6) is 0 Å². The molecule has 2 saturated heterocycles. The zero-order valence-electron chi connectivity index (χ0n) is 20.0. The molecule has 0 aromatic heterocycles. The average molecular weight is 639 g/mol. The number of hydrogen-bond acceptors (Lipinski definition) is 2. The molecular formula is C25H40O2Y3-4. The van der Waals surface area contributed by atoms with E-state index in [9.17, 15) is 0 Å². The predicted molar refractivity (Wildman–Crippen MR) is 121 cm³/mol. The maximum Gasteiger partial charge on any atom is 0.0414 e. The van der Waals surface area contributed by atoms with Gasteiger partial charge in [0.25, 0.3) is 0 Å². The van der Waals surface area contributed by atoms with E-state index in [-0.39, 0.29) is 113 Å². The van der Waals surface area contributed by atoms with Gasteiger partial charge in [0.2, 0.25) is 0 Å². The smallest absolute Gasteiger partial charge is 0.0414 e. The molecule has 0 aliphatic carbocycles. The van der Waals surface area contributed by atoms with Gasteiger partial charge in [-0.3, -0.25) is 0 Å². The van der Waals surface area contributed by atoms with E-state index < -0.39 is 0 Å². The van der Waals surface area contributed by atoms with E-state index in [2.05, 4.69) is 84.0 Å². The summed E-state index contributed by atoms with van der Waals surface area (Å²) in [6, 6.07) is 21.1. The first-order valence-electron chi connectivity index (χ1n) is 9.21. The molecule has 2 unspecified atom stereocenters. The summed E-state index contributed by atoms with van der Waals surface area (Å²) in [5, 5.41) is 0. The molecule has 2 heterocycles. The van der Waals surface area contributed by atoms with E-state index >= 15 is 0 Å². The van der Waals surface area contributed by atoms with Crippen LogP contribution in [0.4, 0.5) is 0 Å². The van der Waals surface area contributed by atoms with Crippen molar-refractivity contribution in [2.45, 2.75) is 46.3 Å². The van der Waals surface area contributed by atoms with Crippen LogP contribution in [-0.4, -0.2) is 25.4 Å². The monoisotopic (exact) mass is 639 g/mol. The minimum Gasteiger partial charge on any atom is -0.408 e. The molecule has 2 atom stereocenters. The van der Waals surface area contributed by atoms with Crippen LogP contribution in [0.2, 0.25) is 0 Å². The Balaban J connectivity index is -0.0000000722. The second-order valence-corrected chi connectivity index (χ2v) is 5.06. The number of benzene rings is 2. The van der Waals surface area contributed by atoms with Crippen molar-refractivity contribution >= 4 is 0 Å². The number of rotatable bonds is 2. The van der Waals surface area contributed by atoms with Gasteiger partial charge in [-0.2, -0.15) is 0 Å². The molecule has 4 rings (SSSR count). The molecule has 2 aliphatic rings. The fourth-order valence-corrected chi connectivity index (χ4v) is 1.56. The topological polar surface area (TPSA) is 25.1 Å². The van der Waals surface area contributed by atoms with Crippen LogP contribution < -0.4 is 0 Å². The first-order chi connectivity index (χ1) is 12.2. The van der Waals surface area contributed by atoms with E-state index in [1.807, 2.05) is 27.7 Å². The molecule has 2 nitrogen and oxygen atoms in total. The van der Waals surface area contributed by atoms with Gasteiger partial charge in [-0.05, 0) is 29.8 Å². The van der Waals surface area contributed by atoms with Crippen LogP contribution in [0.15, 0.2) is 60.7 Å². The third kappa shape index (κ3) is 31.9. The maximum absolute atomic E-state index is 4.60. The molecule has 0 bridgehead atoms. The first kappa shape index (κ1) is 45.2. The Bertz CT molecular complexity index is 455. The molecule has 0 N–H and O–H groups in total. The summed E-state index contributed by atoms with van der Waals surface area (Å²) in [6.45, 7) is 16.8. The van der Waals surface area contributed by atoms with E-state index in [1.165, 1.54) is 11.1 Å². The quantitative estimate of drug-likeness (QED) is 0.272. The van der Waals surface area contributed by atoms with E-state index in [0.29, 0.717) is 12.2 Å². The summed E-state index contributed by atoms with van der Waals surface area (Å²) in [7, 11) is 0. The third-order valence-electron chi connectivity index (χ3n) is 2.90. The zero-order chi connectivity index (χ0) is 18.9. The van der Waals surface area contributed by atoms with E-state index in [4.69, 9.17) is 0 Å².